The number of epoxide rings is 1. The van der Waals surface area contributed by atoms with Crippen molar-refractivity contribution < 1.29 is 33.3 Å². The van der Waals surface area contributed by atoms with Crippen molar-refractivity contribution in [1.29, 1.82) is 0 Å². The second-order valence-corrected chi connectivity index (χ2v) is 9.79. The van der Waals surface area contributed by atoms with Gasteiger partial charge in [-0.2, -0.15) is 0 Å². The maximum atomic E-state index is 11.9. The first-order chi connectivity index (χ1) is 15.3. The van der Waals surface area contributed by atoms with E-state index in [1.165, 1.54) is 0 Å². The fraction of sp³-hybridized carbons (Fsp3) is 0.880. The molecule has 7 heteroatoms. The van der Waals surface area contributed by atoms with Crippen molar-refractivity contribution in [2.75, 3.05) is 19.8 Å². The standard InChI is InChI=1S/C25H42O7/c1-4-25(2,3)24(28)30-16-10-6-7-11-22(26)29-15-9-5-8-12-23(27)31-18-19-13-14-20-21(17-19)32-20/h19-21H,4-18H2,1-3H3. The lowest BCUT2D eigenvalue weighted by Crippen LogP contribution is -2.26. The maximum absolute atomic E-state index is 11.9. The zero-order valence-corrected chi connectivity index (χ0v) is 20.2. The molecule has 0 bridgehead atoms. The number of unbranched alkanes of at least 4 members (excludes halogenated alkanes) is 4. The van der Waals surface area contributed by atoms with E-state index in [9.17, 15) is 14.4 Å². The number of fused-ring (bicyclic) bond motifs is 1. The summed E-state index contributed by atoms with van der Waals surface area (Å²) in [4.78, 5) is 35.5. The second-order valence-electron chi connectivity index (χ2n) is 9.79. The van der Waals surface area contributed by atoms with Crippen LogP contribution in [0.25, 0.3) is 0 Å². The van der Waals surface area contributed by atoms with Crippen molar-refractivity contribution in [3.8, 4) is 0 Å². The zero-order valence-electron chi connectivity index (χ0n) is 20.2. The Morgan fingerprint density at radius 1 is 0.812 bits per heavy atom. The van der Waals surface area contributed by atoms with E-state index in [0.29, 0.717) is 50.8 Å². The lowest BCUT2D eigenvalue weighted by Gasteiger charge is -2.20. The van der Waals surface area contributed by atoms with Crippen molar-refractivity contribution in [2.45, 2.75) is 110 Å². The molecular weight excluding hydrogens is 412 g/mol. The molecule has 1 saturated carbocycles. The highest BCUT2D eigenvalue weighted by atomic mass is 16.6. The normalized spacial score (nSPS) is 22.0. The SMILES string of the molecule is CCC(C)(C)C(=O)OCCCCCC(=O)OCCCCCC(=O)OCC1CCC2OC2C1. The van der Waals surface area contributed by atoms with Crippen LogP contribution >= 0.6 is 0 Å². The molecule has 1 heterocycles. The number of ether oxygens (including phenoxy) is 4. The van der Waals surface area contributed by atoms with Crippen LogP contribution in [-0.2, 0) is 33.3 Å². The van der Waals surface area contributed by atoms with Gasteiger partial charge in [0.15, 0.2) is 0 Å². The number of esters is 3. The van der Waals surface area contributed by atoms with E-state index in [2.05, 4.69) is 0 Å². The highest BCUT2D eigenvalue weighted by Gasteiger charge is 2.43. The molecule has 0 radical (unpaired) electrons. The quantitative estimate of drug-likeness (QED) is 0.144. The average molecular weight is 455 g/mol. The van der Waals surface area contributed by atoms with Gasteiger partial charge in [-0.1, -0.05) is 6.92 Å². The Morgan fingerprint density at radius 3 is 2.06 bits per heavy atom. The minimum Gasteiger partial charge on any atom is -0.466 e. The molecule has 1 aliphatic carbocycles. The van der Waals surface area contributed by atoms with Crippen LogP contribution in [0.3, 0.4) is 0 Å². The van der Waals surface area contributed by atoms with E-state index in [0.717, 1.165) is 64.2 Å². The third kappa shape index (κ3) is 10.3. The fourth-order valence-electron chi connectivity index (χ4n) is 3.78. The molecule has 184 valence electrons. The van der Waals surface area contributed by atoms with E-state index in [4.69, 9.17) is 18.9 Å². The maximum Gasteiger partial charge on any atom is 0.311 e. The lowest BCUT2D eigenvalue weighted by atomic mass is 9.90. The predicted octanol–water partition coefficient (Wildman–Crippen LogP) is 4.74. The highest BCUT2D eigenvalue weighted by Crippen LogP contribution is 2.39. The van der Waals surface area contributed by atoms with Crippen LogP contribution in [0.4, 0.5) is 0 Å². The van der Waals surface area contributed by atoms with E-state index in [1.807, 2.05) is 20.8 Å². The molecule has 0 amide bonds. The molecule has 0 aromatic heterocycles. The van der Waals surface area contributed by atoms with Crippen molar-refractivity contribution in [3.63, 3.8) is 0 Å². The van der Waals surface area contributed by atoms with Gasteiger partial charge in [0, 0.05) is 12.8 Å². The Morgan fingerprint density at radius 2 is 1.44 bits per heavy atom. The largest absolute Gasteiger partial charge is 0.466 e. The Labute approximate surface area is 192 Å². The third-order valence-corrected chi connectivity index (χ3v) is 6.58. The fourth-order valence-corrected chi connectivity index (χ4v) is 3.78. The van der Waals surface area contributed by atoms with Crippen LogP contribution in [0, 0.1) is 11.3 Å². The molecular formula is C25H42O7. The van der Waals surface area contributed by atoms with E-state index < -0.39 is 5.41 Å². The summed E-state index contributed by atoms with van der Waals surface area (Å²) in [6.45, 7) is 7.04. The lowest BCUT2D eigenvalue weighted by molar-refractivity contribution is -0.154. The molecule has 0 aromatic carbocycles. The van der Waals surface area contributed by atoms with Crippen molar-refractivity contribution >= 4 is 17.9 Å². The average Bonchev–Trinajstić information content (AvgIpc) is 3.55. The Hall–Kier alpha value is -1.63. The van der Waals surface area contributed by atoms with Crippen molar-refractivity contribution in [1.82, 2.24) is 0 Å². The summed E-state index contributed by atoms with van der Waals surface area (Å²) < 4.78 is 21.4. The first-order valence-corrected chi connectivity index (χ1v) is 12.5. The third-order valence-electron chi connectivity index (χ3n) is 6.58. The molecule has 32 heavy (non-hydrogen) atoms. The molecule has 7 nitrogen and oxygen atoms in total. The number of hydrogen-bond donors (Lipinski definition) is 0. The molecule has 1 saturated heterocycles. The van der Waals surface area contributed by atoms with Gasteiger partial charge in [-0.25, -0.2) is 0 Å². The van der Waals surface area contributed by atoms with Crippen LogP contribution in [-0.4, -0.2) is 49.9 Å². The Balaban J connectivity index is 1.34. The van der Waals surface area contributed by atoms with E-state index in [-0.39, 0.29) is 17.9 Å². The number of hydrogen-bond acceptors (Lipinski definition) is 7. The second kappa shape index (κ2) is 13.8. The summed E-state index contributed by atoms with van der Waals surface area (Å²) in [5.74, 6) is -0.0405. The van der Waals surface area contributed by atoms with Crippen LogP contribution < -0.4 is 0 Å². The van der Waals surface area contributed by atoms with Gasteiger partial charge < -0.3 is 18.9 Å². The minimum atomic E-state index is -0.435. The number of carbonyl (C=O) groups excluding carboxylic acids is 3. The molecule has 0 N–H and O–H groups in total. The van der Waals surface area contributed by atoms with Crippen molar-refractivity contribution in [3.05, 3.63) is 0 Å². The minimum absolute atomic E-state index is 0.134. The summed E-state index contributed by atoms with van der Waals surface area (Å²) in [6, 6.07) is 0. The Bertz CT molecular complexity index is 601. The molecule has 0 aromatic rings. The van der Waals surface area contributed by atoms with Gasteiger partial charge in [-0.3, -0.25) is 14.4 Å². The van der Waals surface area contributed by atoms with Crippen LogP contribution in [0.5, 0.6) is 0 Å². The first-order valence-electron chi connectivity index (χ1n) is 12.5. The summed E-state index contributed by atoms with van der Waals surface area (Å²) in [5, 5.41) is 0. The molecule has 2 fully saturated rings. The van der Waals surface area contributed by atoms with Gasteiger partial charge in [0.05, 0.1) is 37.4 Å². The summed E-state index contributed by atoms with van der Waals surface area (Å²) in [7, 11) is 0. The summed E-state index contributed by atoms with van der Waals surface area (Å²) >= 11 is 0. The smallest absolute Gasteiger partial charge is 0.311 e. The molecule has 2 rings (SSSR count). The van der Waals surface area contributed by atoms with Gasteiger partial charge in [0.1, 0.15) is 0 Å². The Kier molecular flexibility index (Phi) is 11.5. The van der Waals surface area contributed by atoms with Gasteiger partial charge >= 0.3 is 17.9 Å². The highest BCUT2D eigenvalue weighted by molar-refractivity contribution is 5.75. The molecule has 1 aliphatic heterocycles. The monoisotopic (exact) mass is 454 g/mol. The molecule has 2 aliphatic rings. The topological polar surface area (TPSA) is 91.4 Å². The molecule has 3 atom stereocenters. The van der Waals surface area contributed by atoms with Crippen LogP contribution in [0.15, 0.2) is 0 Å². The molecule has 0 spiro atoms. The summed E-state index contributed by atoms with van der Waals surface area (Å²) in [5.41, 5.74) is -0.435. The van der Waals surface area contributed by atoms with Crippen LogP contribution in [0.1, 0.15) is 97.8 Å². The van der Waals surface area contributed by atoms with E-state index in [1.54, 1.807) is 0 Å². The number of carbonyl (C=O) groups is 3. The van der Waals surface area contributed by atoms with Gasteiger partial charge in [0.25, 0.3) is 0 Å². The predicted molar refractivity (Wildman–Crippen MR) is 120 cm³/mol. The van der Waals surface area contributed by atoms with E-state index >= 15 is 0 Å². The van der Waals surface area contributed by atoms with Crippen LogP contribution in [0.2, 0.25) is 0 Å². The van der Waals surface area contributed by atoms with Gasteiger partial charge in [-0.05, 0) is 84.0 Å². The van der Waals surface area contributed by atoms with Gasteiger partial charge in [-0.15, -0.1) is 0 Å². The zero-order chi connectivity index (χ0) is 23.4. The summed E-state index contributed by atoms with van der Waals surface area (Å²) in [6.07, 6.45) is 10.3. The van der Waals surface area contributed by atoms with Crippen molar-refractivity contribution in [2.24, 2.45) is 11.3 Å². The first kappa shape index (κ1) is 26.6. The number of rotatable bonds is 16. The molecule has 3 unspecified atom stereocenters. The van der Waals surface area contributed by atoms with Gasteiger partial charge in [0.2, 0.25) is 0 Å².